The van der Waals surface area contributed by atoms with Crippen molar-refractivity contribution in [3.8, 4) is 0 Å². The first-order chi connectivity index (χ1) is 13.9. The lowest BCUT2D eigenvalue weighted by molar-refractivity contribution is 0.170. The van der Waals surface area contributed by atoms with Gasteiger partial charge in [0.15, 0.2) is 0 Å². The van der Waals surface area contributed by atoms with Gasteiger partial charge in [0.05, 0.1) is 10.9 Å². The van der Waals surface area contributed by atoms with Crippen molar-refractivity contribution in [2.24, 2.45) is 5.41 Å². The first-order valence-electron chi connectivity index (χ1n) is 10.7. The van der Waals surface area contributed by atoms with Crippen LogP contribution in [0.15, 0.2) is 58.9 Å². The molecule has 0 saturated carbocycles. The van der Waals surface area contributed by atoms with Crippen molar-refractivity contribution in [3.63, 3.8) is 0 Å². The van der Waals surface area contributed by atoms with Crippen LogP contribution >= 0.6 is 11.3 Å². The van der Waals surface area contributed by atoms with Crippen molar-refractivity contribution in [2.45, 2.75) is 76.7 Å². The van der Waals surface area contributed by atoms with E-state index in [2.05, 4.69) is 31.9 Å². The van der Waals surface area contributed by atoms with Crippen LogP contribution in [0.4, 0.5) is 0 Å². The summed E-state index contributed by atoms with van der Waals surface area (Å²) in [5.74, 6) is 0. The molecule has 1 aromatic heterocycles. The second-order valence-electron chi connectivity index (χ2n) is 8.34. The highest BCUT2D eigenvalue weighted by atomic mass is 32.2. The number of hydrogen-bond donors (Lipinski definition) is 0. The summed E-state index contributed by atoms with van der Waals surface area (Å²) in [6.45, 7) is 10.7. The van der Waals surface area contributed by atoms with Crippen molar-refractivity contribution in [1.29, 1.82) is 0 Å². The molecule has 0 radical (unpaired) electrons. The molecule has 1 aliphatic rings. The molecule has 1 atom stereocenters. The van der Waals surface area contributed by atoms with Gasteiger partial charge in [-0.05, 0) is 49.8 Å². The van der Waals surface area contributed by atoms with Gasteiger partial charge in [0.2, 0.25) is 0 Å². The summed E-state index contributed by atoms with van der Waals surface area (Å²) in [5.41, 5.74) is 1.71. The third-order valence-corrected chi connectivity index (χ3v) is 8.91. The highest BCUT2D eigenvalue weighted by molar-refractivity contribution is 7.89. The first kappa shape index (κ1) is 22.1. The van der Waals surface area contributed by atoms with Crippen LogP contribution in [0, 0.1) is 12.3 Å². The third kappa shape index (κ3) is 4.31. The molecular weight excluding hydrogens is 398 g/mol. The Morgan fingerprint density at radius 2 is 1.72 bits per heavy atom. The van der Waals surface area contributed by atoms with Crippen LogP contribution in [0.2, 0.25) is 0 Å². The Morgan fingerprint density at radius 1 is 1.10 bits per heavy atom. The second kappa shape index (κ2) is 9.05. The largest absolute Gasteiger partial charge is 0.264 e. The number of unbranched alkanes of at least 4 members (excludes halogenated alkanes) is 2. The second-order valence-corrected chi connectivity index (χ2v) is 11.1. The zero-order valence-corrected chi connectivity index (χ0v) is 19.5. The van der Waals surface area contributed by atoms with Gasteiger partial charge in [0.1, 0.15) is 0 Å². The lowest BCUT2D eigenvalue weighted by atomic mass is 9.71. The maximum atomic E-state index is 13.8. The van der Waals surface area contributed by atoms with E-state index in [9.17, 15) is 8.42 Å². The van der Waals surface area contributed by atoms with E-state index in [1.54, 1.807) is 27.8 Å². The molecule has 5 heteroatoms. The molecule has 2 aromatic rings. The number of benzene rings is 1. The average molecular weight is 432 g/mol. The molecule has 3 rings (SSSR count). The average Bonchev–Trinajstić information content (AvgIpc) is 3.31. The summed E-state index contributed by atoms with van der Waals surface area (Å²) in [7, 11) is -3.66. The van der Waals surface area contributed by atoms with Gasteiger partial charge in [-0.2, -0.15) is 0 Å². The summed E-state index contributed by atoms with van der Waals surface area (Å²) in [6, 6.07) is 11.1. The van der Waals surface area contributed by atoms with Gasteiger partial charge >= 0.3 is 0 Å². The standard InChI is InChI=1S/C24H33NO2S2/c1-5-7-15-24(16-8-6-2)18-20(4)25(23(24)22-10-9-17-28-22)29(26,27)21-13-11-19(3)12-14-21/h9-14,17,23H,4-8,15-16,18H2,1-3H3. The predicted molar refractivity (Wildman–Crippen MR) is 123 cm³/mol. The third-order valence-electron chi connectivity index (χ3n) is 6.13. The van der Waals surface area contributed by atoms with E-state index >= 15 is 0 Å². The Hall–Kier alpha value is -1.59. The van der Waals surface area contributed by atoms with Gasteiger partial charge in [-0.25, -0.2) is 8.42 Å². The number of nitrogens with zero attached hydrogens (tertiary/aromatic N) is 1. The highest BCUT2D eigenvalue weighted by Gasteiger charge is 2.53. The quantitative estimate of drug-likeness (QED) is 0.426. The first-order valence-corrected chi connectivity index (χ1v) is 13.0. The van der Waals surface area contributed by atoms with Gasteiger partial charge in [-0.3, -0.25) is 4.31 Å². The van der Waals surface area contributed by atoms with Gasteiger partial charge in [-0.15, -0.1) is 11.3 Å². The van der Waals surface area contributed by atoms with Crippen molar-refractivity contribution in [3.05, 3.63) is 64.5 Å². The normalized spacial score (nSPS) is 19.1. The lowest BCUT2D eigenvalue weighted by Crippen LogP contribution is -2.35. The van der Waals surface area contributed by atoms with Crippen molar-refractivity contribution in [2.75, 3.05) is 0 Å². The van der Waals surface area contributed by atoms with Crippen molar-refractivity contribution in [1.82, 2.24) is 4.31 Å². The summed E-state index contributed by atoms with van der Waals surface area (Å²) < 4.78 is 29.2. The molecule has 0 N–H and O–H groups in total. The smallest absolute Gasteiger partial charge is 0.262 e. The molecule has 1 unspecified atom stereocenters. The highest BCUT2D eigenvalue weighted by Crippen LogP contribution is 2.59. The molecule has 3 nitrogen and oxygen atoms in total. The van der Waals surface area contributed by atoms with Crippen LogP contribution in [0.25, 0.3) is 0 Å². The van der Waals surface area contributed by atoms with E-state index in [1.165, 1.54) is 0 Å². The molecule has 29 heavy (non-hydrogen) atoms. The molecule has 1 fully saturated rings. The van der Waals surface area contributed by atoms with E-state index in [0.29, 0.717) is 4.90 Å². The predicted octanol–water partition coefficient (Wildman–Crippen LogP) is 7.07. The molecule has 1 aromatic carbocycles. The molecule has 0 amide bonds. The molecule has 1 saturated heterocycles. The summed E-state index contributed by atoms with van der Waals surface area (Å²) >= 11 is 1.66. The number of hydrogen-bond acceptors (Lipinski definition) is 3. The molecule has 158 valence electrons. The number of rotatable bonds is 9. The fourth-order valence-corrected chi connectivity index (χ4v) is 7.39. The Labute approximate surface area is 180 Å². The van der Waals surface area contributed by atoms with E-state index in [1.807, 2.05) is 25.1 Å². The molecule has 1 aliphatic heterocycles. The van der Waals surface area contributed by atoms with E-state index < -0.39 is 10.0 Å². The Kier molecular flexibility index (Phi) is 6.90. The van der Waals surface area contributed by atoms with Crippen LogP contribution < -0.4 is 0 Å². The summed E-state index contributed by atoms with van der Waals surface area (Å²) in [6.07, 6.45) is 7.26. The minimum atomic E-state index is -3.66. The molecular formula is C24H33NO2S2. The number of allylic oxidation sites excluding steroid dienone is 1. The molecule has 2 heterocycles. The van der Waals surface area contributed by atoms with Crippen molar-refractivity contribution < 1.29 is 8.42 Å². The lowest BCUT2D eigenvalue weighted by Gasteiger charge is -2.38. The Balaban J connectivity index is 2.12. The maximum absolute atomic E-state index is 13.8. The van der Waals surface area contributed by atoms with Crippen molar-refractivity contribution >= 4 is 21.4 Å². The van der Waals surface area contributed by atoms with Gasteiger partial charge in [0.25, 0.3) is 10.0 Å². The van der Waals surface area contributed by atoms with Crippen LogP contribution in [0.3, 0.4) is 0 Å². The molecule has 0 bridgehead atoms. The summed E-state index contributed by atoms with van der Waals surface area (Å²) in [4.78, 5) is 1.49. The zero-order valence-electron chi connectivity index (χ0n) is 17.9. The minimum absolute atomic E-state index is 0.0777. The fraction of sp³-hybridized carbons (Fsp3) is 0.500. The van der Waals surface area contributed by atoms with Crippen LogP contribution in [-0.4, -0.2) is 12.7 Å². The maximum Gasteiger partial charge on any atom is 0.264 e. The number of aryl methyl sites for hydroxylation is 1. The SMILES string of the molecule is C=C1CC(CCCC)(CCCC)C(c2cccs2)N1S(=O)(=O)c1ccc(C)cc1. The monoisotopic (exact) mass is 431 g/mol. The van der Waals surface area contributed by atoms with E-state index in [-0.39, 0.29) is 11.5 Å². The topological polar surface area (TPSA) is 37.4 Å². The summed E-state index contributed by atoms with van der Waals surface area (Å²) in [5, 5.41) is 2.05. The number of thiophene rings is 1. The Morgan fingerprint density at radius 3 is 2.24 bits per heavy atom. The van der Waals surface area contributed by atoms with Gasteiger partial charge in [0, 0.05) is 16.0 Å². The van der Waals surface area contributed by atoms with Gasteiger partial charge < -0.3 is 0 Å². The zero-order chi connectivity index (χ0) is 21.1. The fourth-order valence-electron chi connectivity index (χ4n) is 4.64. The van der Waals surface area contributed by atoms with Gasteiger partial charge in [-0.1, -0.05) is 69.9 Å². The Bertz CT molecular complexity index is 906. The van der Waals surface area contributed by atoms with E-state index in [0.717, 1.165) is 61.1 Å². The van der Waals surface area contributed by atoms with Crippen LogP contribution in [0.5, 0.6) is 0 Å². The van der Waals surface area contributed by atoms with Crippen LogP contribution in [-0.2, 0) is 10.0 Å². The molecule has 0 aliphatic carbocycles. The number of sulfonamides is 1. The van der Waals surface area contributed by atoms with E-state index in [4.69, 9.17) is 0 Å². The molecule has 0 spiro atoms. The van der Waals surface area contributed by atoms with Crippen LogP contribution in [0.1, 0.15) is 75.3 Å². The minimum Gasteiger partial charge on any atom is -0.262 e.